The third-order valence-corrected chi connectivity index (χ3v) is 3.91. The van der Waals surface area contributed by atoms with Crippen LogP contribution in [0.15, 0.2) is 40.8 Å². The first kappa shape index (κ1) is 16.6. The zero-order chi connectivity index (χ0) is 15.9. The third-order valence-electron chi connectivity index (χ3n) is 3.58. The Labute approximate surface area is 136 Å². The van der Waals surface area contributed by atoms with Crippen molar-refractivity contribution in [3.63, 3.8) is 0 Å². The summed E-state index contributed by atoms with van der Waals surface area (Å²) in [5.74, 6) is 0.694. The van der Waals surface area contributed by atoms with E-state index in [0.717, 1.165) is 25.2 Å². The molecule has 118 valence electrons. The SMILES string of the molecule is CCN(CC)CCNC(=O)c1ccc(-c2ccccc2Cl)o1. The zero-order valence-electron chi connectivity index (χ0n) is 12.9. The van der Waals surface area contributed by atoms with Crippen LogP contribution in [0.5, 0.6) is 0 Å². The molecule has 0 aliphatic heterocycles. The second kappa shape index (κ2) is 8.01. The molecule has 0 atom stereocenters. The molecule has 1 N–H and O–H groups in total. The van der Waals surface area contributed by atoms with E-state index in [0.29, 0.717) is 23.1 Å². The number of likely N-dealkylation sites (N-methyl/N-ethyl adjacent to an activating group) is 1. The lowest BCUT2D eigenvalue weighted by molar-refractivity contribution is 0.0922. The lowest BCUT2D eigenvalue weighted by atomic mass is 10.2. The van der Waals surface area contributed by atoms with Crippen LogP contribution in [-0.4, -0.2) is 37.0 Å². The van der Waals surface area contributed by atoms with Gasteiger partial charge in [-0.3, -0.25) is 4.79 Å². The van der Waals surface area contributed by atoms with Crippen LogP contribution in [0.2, 0.25) is 5.02 Å². The number of furan rings is 1. The van der Waals surface area contributed by atoms with Gasteiger partial charge in [-0.15, -0.1) is 0 Å². The Morgan fingerprint density at radius 3 is 2.59 bits per heavy atom. The average molecular weight is 321 g/mol. The summed E-state index contributed by atoms with van der Waals surface area (Å²) in [7, 11) is 0. The smallest absolute Gasteiger partial charge is 0.287 e. The van der Waals surface area contributed by atoms with Gasteiger partial charge in [0.25, 0.3) is 5.91 Å². The van der Waals surface area contributed by atoms with Crippen molar-refractivity contribution in [3.8, 4) is 11.3 Å². The molecule has 0 bridgehead atoms. The summed E-state index contributed by atoms with van der Waals surface area (Å²) >= 11 is 6.13. The molecule has 0 radical (unpaired) electrons. The maximum Gasteiger partial charge on any atom is 0.287 e. The normalized spacial score (nSPS) is 10.9. The number of amides is 1. The molecule has 1 amide bonds. The Kier molecular flexibility index (Phi) is 6.04. The molecule has 0 saturated carbocycles. The lowest BCUT2D eigenvalue weighted by Gasteiger charge is -2.17. The van der Waals surface area contributed by atoms with Crippen LogP contribution in [0.1, 0.15) is 24.4 Å². The van der Waals surface area contributed by atoms with Crippen LogP contribution in [0.25, 0.3) is 11.3 Å². The van der Waals surface area contributed by atoms with Gasteiger partial charge in [0.1, 0.15) is 5.76 Å². The van der Waals surface area contributed by atoms with E-state index in [9.17, 15) is 4.79 Å². The molecule has 22 heavy (non-hydrogen) atoms. The van der Waals surface area contributed by atoms with E-state index in [1.807, 2.05) is 18.2 Å². The first-order chi connectivity index (χ1) is 10.7. The molecule has 2 rings (SSSR count). The van der Waals surface area contributed by atoms with Gasteiger partial charge >= 0.3 is 0 Å². The lowest BCUT2D eigenvalue weighted by Crippen LogP contribution is -2.34. The van der Waals surface area contributed by atoms with E-state index in [4.69, 9.17) is 16.0 Å². The fourth-order valence-corrected chi connectivity index (χ4v) is 2.45. The van der Waals surface area contributed by atoms with Crippen molar-refractivity contribution < 1.29 is 9.21 Å². The monoisotopic (exact) mass is 320 g/mol. The van der Waals surface area contributed by atoms with Gasteiger partial charge in [-0.05, 0) is 37.4 Å². The van der Waals surface area contributed by atoms with Crippen LogP contribution in [-0.2, 0) is 0 Å². The highest BCUT2D eigenvalue weighted by Gasteiger charge is 2.13. The predicted octanol–water partition coefficient (Wildman–Crippen LogP) is 3.67. The maximum absolute atomic E-state index is 12.1. The standard InChI is InChI=1S/C17H21ClN2O2/c1-3-20(4-2)12-11-19-17(21)16-10-9-15(22-16)13-7-5-6-8-14(13)18/h5-10H,3-4,11-12H2,1-2H3,(H,19,21). The molecule has 0 spiro atoms. The van der Waals surface area contributed by atoms with E-state index in [1.165, 1.54) is 0 Å². The van der Waals surface area contributed by atoms with Crippen LogP contribution in [0.3, 0.4) is 0 Å². The average Bonchev–Trinajstić information content (AvgIpc) is 3.01. The molecule has 0 saturated heterocycles. The highest BCUT2D eigenvalue weighted by atomic mass is 35.5. The van der Waals surface area contributed by atoms with Gasteiger partial charge in [0.15, 0.2) is 5.76 Å². The molecule has 1 aromatic heterocycles. The van der Waals surface area contributed by atoms with Crippen LogP contribution in [0, 0.1) is 0 Å². The van der Waals surface area contributed by atoms with Crippen molar-refractivity contribution in [1.82, 2.24) is 10.2 Å². The summed E-state index contributed by atoms with van der Waals surface area (Å²) in [6, 6.07) is 10.8. The molecule has 1 aromatic carbocycles. The summed E-state index contributed by atoms with van der Waals surface area (Å²) < 4.78 is 5.61. The minimum absolute atomic E-state index is 0.203. The van der Waals surface area contributed by atoms with Gasteiger partial charge in [-0.25, -0.2) is 0 Å². The zero-order valence-corrected chi connectivity index (χ0v) is 13.7. The minimum atomic E-state index is -0.203. The second-order valence-electron chi connectivity index (χ2n) is 4.93. The van der Waals surface area contributed by atoms with Gasteiger partial charge in [-0.1, -0.05) is 37.6 Å². The number of benzene rings is 1. The summed E-state index contributed by atoms with van der Waals surface area (Å²) in [6.45, 7) is 7.59. The van der Waals surface area contributed by atoms with Gasteiger partial charge in [-0.2, -0.15) is 0 Å². The number of hydrogen-bond donors (Lipinski definition) is 1. The van der Waals surface area contributed by atoms with Crippen molar-refractivity contribution in [2.45, 2.75) is 13.8 Å². The van der Waals surface area contributed by atoms with Crippen LogP contribution < -0.4 is 5.32 Å². The number of hydrogen-bond acceptors (Lipinski definition) is 3. The van der Waals surface area contributed by atoms with Crippen molar-refractivity contribution in [3.05, 3.63) is 47.2 Å². The first-order valence-corrected chi connectivity index (χ1v) is 7.88. The van der Waals surface area contributed by atoms with Gasteiger partial charge < -0.3 is 14.6 Å². The quantitative estimate of drug-likeness (QED) is 0.846. The highest BCUT2D eigenvalue weighted by molar-refractivity contribution is 6.33. The number of rotatable bonds is 7. The topological polar surface area (TPSA) is 45.5 Å². The van der Waals surface area contributed by atoms with E-state index in [2.05, 4.69) is 24.1 Å². The summed E-state index contributed by atoms with van der Waals surface area (Å²) in [6.07, 6.45) is 0. The Bertz CT molecular complexity index is 621. The highest BCUT2D eigenvalue weighted by Crippen LogP contribution is 2.28. The number of carbonyl (C=O) groups is 1. The number of nitrogens with one attached hydrogen (secondary N) is 1. The summed E-state index contributed by atoms with van der Waals surface area (Å²) in [5.41, 5.74) is 0.784. The van der Waals surface area contributed by atoms with E-state index >= 15 is 0 Å². The van der Waals surface area contributed by atoms with E-state index < -0.39 is 0 Å². The van der Waals surface area contributed by atoms with Gasteiger partial charge in [0, 0.05) is 18.7 Å². The van der Waals surface area contributed by atoms with Gasteiger partial charge in [0.2, 0.25) is 0 Å². The molecular formula is C17H21ClN2O2. The van der Waals surface area contributed by atoms with E-state index in [-0.39, 0.29) is 5.91 Å². The first-order valence-electron chi connectivity index (χ1n) is 7.51. The molecule has 0 unspecified atom stereocenters. The van der Waals surface area contributed by atoms with Gasteiger partial charge in [0.05, 0.1) is 5.02 Å². The molecule has 0 aliphatic carbocycles. The maximum atomic E-state index is 12.1. The molecular weight excluding hydrogens is 300 g/mol. The third kappa shape index (κ3) is 4.12. The molecule has 2 aromatic rings. The molecule has 0 aliphatic rings. The Balaban J connectivity index is 1.96. The Hall–Kier alpha value is -1.78. The molecule has 0 fully saturated rings. The van der Waals surface area contributed by atoms with Crippen molar-refractivity contribution in [1.29, 1.82) is 0 Å². The van der Waals surface area contributed by atoms with Crippen molar-refractivity contribution in [2.75, 3.05) is 26.2 Å². The largest absolute Gasteiger partial charge is 0.451 e. The summed E-state index contributed by atoms with van der Waals surface area (Å²) in [5, 5.41) is 3.47. The Morgan fingerprint density at radius 2 is 1.91 bits per heavy atom. The number of halogens is 1. The fraction of sp³-hybridized carbons (Fsp3) is 0.353. The number of carbonyl (C=O) groups excluding carboxylic acids is 1. The van der Waals surface area contributed by atoms with Crippen LogP contribution in [0.4, 0.5) is 0 Å². The van der Waals surface area contributed by atoms with Crippen molar-refractivity contribution in [2.24, 2.45) is 0 Å². The molecule has 4 nitrogen and oxygen atoms in total. The number of nitrogens with zero attached hydrogens (tertiary/aromatic N) is 1. The summed E-state index contributed by atoms with van der Waals surface area (Å²) in [4.78, 5) is 14.3. The van der Waals surface area contributed by atoms with Crippen LogP contribution >= 0.6 is 11.6 Å². The Morgan fingerprint density at radius 1 is 1.18 bits per heavy atom. The molecule has 1 heterocycles. The predicted molar refractivity (Wildman–Crippen MR) is 89.3 cm³/mol. The fourth-order valence-electron chi connectivity index (χ4n) is 2.22. The van der Waals surface area contributed by atoms with Crippen molar-refractivity contribution >= 4 is 17.5 Å². The second-order valence-corrected chi connectivity index (χ2v) is 5.33. The molecule has 5 heteroatoms. The minimum Gasteiger partial charge on any atom is -0.451 e. The van der Waals surface area contributed by atoms with E-state index in [1.54, 1.807) is 18.2 Å².